The van der Waals surface area contributed by atoms with Gasteiger partial charge < -0.3 is 9.47 Å². The van der Waals surface area contributed by atoms with Gasteiger partial charge in [0.25, 0.3) is 0 Å². The molecule has 0 unspecified atom stereocenters. The van der Waals surface area contributed by atoms with E-state index in [1.165, 1.54) is 35.2 Å². The molecule has 0 atom stereocenters. The summed E-state index contributed by atoms with van der Waals surface area (Å²) in [7, 11) is 0. The first-order chi connectivity index (χ1) is 17.4. The van der Waals surface area contributed by atoms with E-state index in [4.69, 9.17) is 21.1 Å². The van der Waals surface area contributed by atoms with Crippen LogP contribution in [-0.2, 0) is 14.3 Å². The minimum atomic E-state index is -0.868. The van der Waals surface area contributed by atoms with Crippen LogP contribution in [0.3, 0.4) is 0 Å². The molecule has 0 radical (unpaired) electrons. The zero-order chi connectivity index (χ0) is 27.3. The number of hydrogen-bond donors (Lipinski definition) is 0. The molecule has 0 aliphatic rings. The minimum Gasteiger partial charge on any atom is -0.428 e. The third-order valence-electron chi connectivity index (χ3n) is 5.50. The summed E-state index contributed by atoms with van der Waals surface area (Å²) in [6, 6.07) is 15.6. The smallest absolute Gasteiger partial charge is 0.421 e. The highest BCUT2D eigenvalue weighted by Crippen LogP contribution is 2.33. The Morgan fingerprint density at radius 1 is 0.892 bits per heavy atom. The van der Waals surface area contributed by atoms with Crippen molar-refractivity contribution in [3.63, 3.8) is 0 Å². The fourth-order valence-corrected chi connectivity index (χ4v) is 3.97. The third kappa shape index (κ3) is 7.17. The molecule has 0 aromatic heterocycles. The Morgan fingerprint density at radius 2 is 1.59 bits per heavy atom. The summed E-state index contributed by atoms with van der Waals surface area (Å²) < 4.78 is 24.1. The van der Waals surface area contributed by atoms with Crippen molar-refractivity contribution in [3.05, 3.63) is 93.8 Å². The van der Waals surface area contributed by atoms with Gasteiger partial charge in [-0.3, -0.25) is 9.59 Å². The van der Waals surface area contributed by atoms with Crippen molar-refractivity contribution in [2.24, 2.45) is 5.41 Å². The maximum atomic E-state index is 13.8. The number of aryl methyl sites for hydroxylation is 2. The molecule has 3 aromatic rings. The summed E-state index contributed by atoms with van der Waals surface area (Å²) >= 11 is 6.51. The predicted molar refractivity (Wildman–Crippen MR) is 141 cm³/mol. The van der Waals surface area contributed by atoms with E-state index in [1.54, 1.807) is 25.1 Å². The molecule has 6 nitrogen and oxygen atoms in total. The van der Waals surface area contributed by atoms with Crippen LogP contribution in [0.1, 0.15) is 54.2 Å². The monoisotopic (exact) mass is 525 g/mol. The number of benzene rings is 3. The first kappa shape index (κ1) is 27.9. The van der Waals surface area contributed by atoms with Crippen molar-refractivity contribution >= 4 is 40.8 Å². The number of esters is 1. The summed E-state index contributed by atoms with van der Waals surface area (Å²) in [5.41, 5.74) is 2.37. The highest BCUT2D eigenvalue weighted by atomic mass is 35.5. The first-order valence-electron chi connectivity index (χ1n) is 11.7. The Hall–Kier alpha value is -3.71. The van der Waals surface area contributed by atoms with Crippen LogP contribution in [0.25, 0.3) is 0 Å². The summed E-state index contributed by atoms with van der Waals surface area (Å²) in [5, 5.41) is 0.125. The molecule has 0 bridgehead atoms. The van der Waals surface area contributed by atoms with E-state index in [0.29, 0.717) is 16.8 Å². The molecule has 3 aromatic carbocycles. The average molecular weight is 526 g/mol. The number of ketones is 1. The van der Waals surface area contributed by atoms with Crippen LogP contribution in [-0.4, -0.2) is 24.6 Å². The SMILES string of the molecule is Cc1ccccc1C(=O)c1ccc(N(C(=O)OCOC(=O)CC(C)(C)C)c2ccc(F)cc2C)cc1Cl. The van der Waals surface area contributed by atoms with Crippen LogP contribution >= 0.6 is 11.6 Å². The second kappa shape index (κ2) is 11.6. The summed E-state index contributed by atoms with van der Waals surface area (Å²) in [4.78, 5) is 39.4. The molecule has 8 heteroatoms. The van der Waals surface area contributed by atoms with Gasteiger partial charge in [0, 0.05) is 11.1 Å². The number of carbonyl (C=O) groups excluding carboxylic acids is 3. The number of carbonyl (C=O) groups is 3. The van der Waals surface area contributed by atoms with Gasteiger partial charge in [-0.25, -0.2) is 14.1 Å². The molecule has 0 saturated carbocycles. The van der Waals surface area contributed by atoms with Crippen LogP contribution in [0, 0.1) is 25.1 Å². The molecule has 0 N–H and O–H groups in total. The van der Waals surface area contributed by atoms with Crippen molar-refractivity contribution in [1.29, 1.82) is 0 Å². The molecule has 3 rings (SSSR count). The fraction of sp³-hybridized carbons (Fsp3) is 0.276. The molecule has 0 fully saturated rings. The fourth-order valence-electron chi connectivity index (χ4n) is 3.71. The van der Waals surface area contributed by atoms with Crippen LogP contribution in [0.2, 0.25) is 5.02 Å². The maximum Gasteiger partial charge on any atom is 0.421 e. The van der Waals surface area contributed by atoms with Crippen LogP contribution in [0.15, 0.2) is 60.7 Å². The minimum absolute atomic E-state index is 0.125. The predicted octanol–water partition coefficient (Wildman–Crippen LogP) is 7.54. The molecular formula is C29H29ClFNO5. The van der Waals surface area contributed by atoms with E-state index < -0.39 is 24.7 Å². The van der Waals surface area contributed by atoms with Crippen LogP contribution < -0.4 is 4.90 Å². The second-order valence-electron chi connectivity index (χ2n) is 9.86. The quantitative estimate of drug-likeness (QED) is 0.181. The Labute approximate surface area is 221 Å². The third-order valence-corrected chi connectivity index (χ3v) is 5.82. The molecule has 1 amide bonds. The molecule has 0 spiro atoms. The van der Waals surface area contributed by atoms with E-state index in [1.807, 2.05) is 39.8 Å². The second-order valence-corrected chi connectivity index (χ2v) is 10.3. The zero-order valence-corrected chi connectivity index (χ0v) is 22.2. The van der Waals surface area contributed by atoms with Gasteiger partial charge in [0.15, 0.2) is 5.78 Å². The lowest BCUT2D eigenvalue weighted by molar-refractivity contribution is -0.153. The molecule has 0 aliphatic heterocycles. The van der Waals surface area contributed by atoms with Crippen molar-refractivity contribution in [3.8, 4) is 0 Å². The van der Waals surface area contributed by atoms with E-state index in [2.05, 4.69) is 0 Å². The normalized spacial score (nSPS) is 11.1. The van der Waals surface area contributed by atoms with Crippen molar-refractivity contribution < 1.29 is 28.2 Å². The average Bonchev–Trinajstić information content (AvgIpc) is 2.79. The summed E-state index contributed by atoms with van der Waals surface area (Å²) in [6.07, 6.45) is -0.718. The Balaban J connectivity index is 1.91. The molecule has 194 valence electrons. The van der Waals surface area contributed by atoms with Gasteiger partial charge in [0.05, 0.1) is 22.8 Å². The molecule has 0 aliphatic carbocycles. The van der Waals surface area contributed by atoms with Crippen molar-refractivity contribution in [2.45, 2.75) is 41.0 Å². The summed E-state index contributed by atoms with van der Waals surface area (Å²) in [5.74, 6) is -1.23. The van der Waals surface area contributed by atoms with E-state index in [0.717, 1.165) is 5.56 Å². The van der Waals surface area contributed by atoms with Crippen LogP contribution in [0.5, 0.6) is 0 Å². The van der Waals surface area contributed by atoms with Gasteiger partial charge in [0.2, 0.25) is 6.79 Å². The molecule has 37 heavy (non-hydrogen) atoms. The number of amides is 1. The topological polar surface area (TPSA) is 72.9 Å². The highest BCUT2D eigenvalue weighted by molar-refractivity contribution is 6.35. The largest absolute Gasteiger partial charge is 0.428 e. The standard InChI is InChI=1S/C29H29ClFNO5/c1-18-8-6-7-9-22(18)27(34)23-12-11-21(15-24(23)30)32(25-13-10-20(31)14-19(25)2)28(35)37-17-36-26(33)16-29(3,4)5/h6-15H,16-17H2,1-5H3. The van der Waals surface area contributed by atoms with Gasteiger partial charge in [-0.1, -0.05) is 56.6 Å². The van der Waals surface area contributed by atoms with E-state index in [-0.39, 0.29) is 33.9 Å². The molecule has 0 heterocycles. The Morgan fingerprint density at radius 3 is 2.22 bits per heavy atom. The number of hydrogen-bond acceptors (Lipinski definition) is 5. The van der Waals surface area contributed by atoms with Crippen LogP contribution in [0.4, 0.5) is 20.6 Å². The maximum absolute atomic E-state index is 13.8. The Kier molecular flexibility index (Phi) is 8.71. The van der Waals surface area contributed by atoms with Gasteiger partial charge in [-0.2, -0.15) is 0 Å². The van der Waals surface area contributed by atoms with Gasteiger partial charge in [-0.15, -0.1) is 0 Å². The van der Waals surface area contributed by atoms with Gasteiger partial charge in [0.1, 0.15) is 5.82 Å². The van der Waals surface area contributed by atoms with Gasteiger partial charge in [-0.05, 0) is 66.8 Å². The number of halogens is 2. The van der Waals surface area contributed by atoms with Crippen molar-refractivity contribution in [2.75, 3.05) is 11.7 Å². The van der Waals surface area contributed by atoms with E-state index >= 15 is 0 Å². The first-order valence-corrected chi connectivity index (χ1v) is 12.0. The lowest BCUT2D eigenvalue weighted by Gasteiger charge is -2.25. The lowest BCUT2D eigenvalue weighted by Crippen LogP contribution is -2.29. The molecule has 0 saturated heterocycles. The summed E-state index contributed by atoms with van der Waals surface area (Å²) in [6.45, 7) is 8.53. The number of rotatable bonds is 7. The van der Waals surface area contributed by atoms with Crippen molar-refractivity contribution in [1.82, 2.24) is 0 Å². The highest BCUT2D eigenvalue weighted by Gasteiger charge is 2.25. The van der Waals surface area contributed by atoms with Gasteiger partial charge >= 0.3 is 12.1 Å². The zero-order valence-electron chi connectivity index (χ0n) is 21.4. The van der Waals surface area contributed by atoms with E-state index in [9.17, 15) is 18.8 Å². The lowest BCUT2D eigenvalue weighted by atomic mass is 9.93. The number of ether oxygens (including phenoxy) is 2. The number of anilines is 2. The Bertz CT molecular complexity index is 1330. The number of nitrogens with zero attached hydrogens (tertiary/aromatic N) is 1. The molecular weight excluding hydrogens is 497 g/mol.